The molecule has 0 unspecified atom stereocenters. The smallest absolute Gasteiger partial charge is 0.212 e. The predicted octanol–water partition coefficient (Wildman–Crippen LogP) is 3.59. The maximum Gasteiger partial charge on any atom is 0.212 e. The summed E-state index contributed by atoms with van der Waals surface area (Å²) in [6.07, 6.45) is 3.78. The van der Waals surface area contributed by atoms with Crippen LogP contribution in [0.5, 0.6) is 0 Å². The average Bonchev–Trinajstić information content (AvgIpc) is 3.26. The molecule has 0 bridgehead atoms. The third-order valence-corrected chi connectivity index (χ3v) is 4.42. The molecule has 0 fully saturated rings. The molecule has 0 amide bonds. The first kappa shape index (κ1) is 14.0. The van der Waals surface area contributed by atoms with E-state index >= 15 is 0 Å². The number of rotatable bonds is 2. The van der Waals surface area contributed by atoms with Gasteiger partial charge in [0, 0.05) is 30.6 Å². The summed E-state index contributed by atoms with van der Waals surface area (Å²) in [5, 5.41) is 8.80. The highest BCUT2D eigenvalue weighted by Gasteiger charge is 2.16. The van der Waals surface area contributed by atoms with Gasteiger partial charge in [0.1, 0.15) is 11.0 Å². The molecule has 3 heterocycles. The Bertz CT molecular complexity index is 1220. The summed E-state index contributed by atoms with van der Waals surface area (Å²) in [6.45, 7) is 2.10. The van der Waals surface area contributed by atoms with E-state index in [9.17, 15) is 0 Å². The van der Waals surface area contributed by atoms with E-state index in [-0.39, 0.29) is 0 Å². The van der Waals surface area contributed by atoms with Gasteiger partial charge >= 0.3 is 0 Å². The molecular weight excluding hydrogens is 312 g/mol. The highest BCUT2D eigenvalue weighted by atomic mass is 15.4. The van der Waals surface area contributed by atoms with Crippen LogP contribution < -0.4 is 0 Å². The standard InChI is InChI=1S/C19H16N6/c1-12-4-3-5-13(10-12)17-18(25-9-8-20-19(25)21-17)14-6-7-15-16(11-14)23-24(2)22-15/h3-11H,1-2H3,(H,20,21). The van der Waals surface area contributed by atoms with Crippen LogP contribution in [-0.4, -0.2) is 29.4 Å². The number of benzene rings is 2. The summed E-state index contributed by atoms with van der Waals surface area (Å²) in [7, 11) is 1.84. The molecule has 6 heteroatoms. The fourth-order valence-electron chi connectivity index (χ4n) is 3.33. The van der Waals surface area contributed by atoms with Crippen molar-refractivity contribution in [3.63, 3.8) is 0 Å². The first-order valence-corrected chi connectivity index (χ1v) is 8.12. The minimum atomic E-state index is 0.825. The van der Waals surface area contributed by atoms with E-state index in [0.717, 1.165) is 39.3 Å². The molecule has 0 spiro atoms. The van der Waals surface area contributed by atoms with Gasteiger partial charge in [-0.15, -0.1) is 0 Å². The van der Waals surface area contributed by atoms with Crippen molar-refractivity contribution in [1.29, 1.82) is 0 Å². The molecule has 0 saturated heterocycles. The van der Waals surface area contributed by atoms with Crippen molar-refractivity contribution >= 4 is 16.8 Å². The highest BCUT2D eigenvalue weighted by molar-refractivity contribution is 5.86. The van der Waals surface area contributed by atoms with Gasteiger partial charge in [0.05, 0.1) is 11.4 Å². The molecule has 5 aromatic rings. The fourth-order valence-corrected chi connectivity index (χ4v) is 3.33. The number of nitrogens with one attached hydrogen (secondary N) is 1. The van der Waals surface area contributed by atoms with E-state index in [0.29, 0.717) is 0 Å². The Hall–Kier alpha value is -3.41. The van der Waals surface area contributed by atoms with Gasteiger partial charge in [-0.1, -0.05) is 29.8 Å². The number of nitrogens with zero attached hydrogens (tertiary/aromatic N) is 5. The van der Waals surface area contributed by atoms with E-state index in [1.165, 1.54) is 5.56 Å². The molecular formula is C19H16N6. The van der Waals surface area contributed by atoms with E-state index < -0.39 is 0 Å². The average molecular weight is 328 g/mol. The third kappa shape index (κ3) is 2.15. The van der Waals surface area contributed by atoms with Gasteiger partial charge in [-0.05, 0) is 25.1 Å². The molecule has 0 aliphatic carbocycles. The molecule has 2 aromatic carbocycles. The van der Waals surface area contributed by atoms with Crippen LogP contribution in [-0.2, 0) is 7.05 Å². The van der Waals surface area contributed by atoms with Gasteiger partial charge in [0.15, 0.2) is 0 Å². The molecule has 3 aromatic heterocycles. The maximum absolute atomic E-state index is 4.44. The molecule has 0 aliphatic heterocycles. The van der Waals surface area contributed by atoms with Gasteiger partial charge in [-0.25, -0.2) is 4.98 Å². The number of aromatic amines is 1. The third-order valence-electron chi connectivity index (χ3n) is 4.42. The lowest BCUT2D eigenvalue weighted by Crippen LogP contribution is -1.90. The van der Waals surface area contributed by atoms with E-state index in [1.54, 1.807) is 11.0 Å². The predicted molar refractivity (Wildman–Crippen MR) is 97.2 cm³/mol. The molecule has 0 aliphatic rings. The number of H-pyrrole nitrogens is 1. The van der Waals surface area contributed by atoms with E-state index in [4.69, 9.17) is 0 Å². The van der Waals surface area contributed by atoms with Crippen molar-refractivity contribution in [3.8, 4) is 22.5 Å². The van der Waals surface area contributed by atoms with Crippen molar-refractivity contribution in [3.05, 3.63) is 60.4 Å². The molecule has 5 rings (SSSR count). The number of hydrogen-bond acceptors (Lipinski definition) is 3. The van der Waals surface area contributed by atoms with Crippen LogP contribution in [0.2, 0.25) is 0 Å². The second-order valence-corrected chi connectivity index (χ2v) is 6.23. The lowest BCUT2D eigenvalue weighted by Gasteiger charge is -2.06. The monoisotopic (exact) mass is 328 g/mol. The number of fused-ring (bicyclic) bond motifs is 2. The Kier molecular flexibility index (Phi) is 2.82. The Morgan fingerprint density at radius 1 is 0.960 bits per heavy atom. The van der Waals surface area contributed by atoms with Crippen LogP contribution in [0, 0.1) is 6.92 Å². The summed E-state index contributed by atoms with van der Waals surface area (Å²) in [5.74, 6) is 0.825. The Labute approximate surface area is 143 Å². The highest BCUT2D eigenvalue weighted by Crippen LogP contribution is 2.33. The van der Waals surface area contributed by atoms with Crippen molar-refractivity contribution in [2.24, 2.45) is 7.05 Å². The first-order chi connectivity index (χ1) is 12.2. The molecule has 0 saturated carbocycles. The van der Waals surface area contributed by atoms with Gasteiger partial charge in [0.25, 0.3) is 0 Å². The van der Waals surface area contributed by atoms with Gasteiger partial charge in [0.2, 0.25) is 5.78 Å². The minimum Gasteiger partial charge on any atom is -0.323 e. The molecule has 122 valence electrons. The molecule has 1 N–H and O–H groups in total. The lowest BCUT2D eigenvalue weighted by atomic mass is 10.0. The number of aromatic nitrogens is 6. The summed E-state index contributed by atoms with van der Waals surface area (Å²) in [6, 6.07) is 14.6. The number of aryl methyl sites for hydroxylation is 2. The van der Waals surface area contributed by atoms with Crippen molar-refractivity contribution in [2.45, 2.75) is 6.92 Å². The Morgan fingerprint density at radius 2 is 1.84 bits per heavy atom. The van der Waals surface area contributed by atoms with Crippen LogP contribution in [0.3, 0.4) is 0 Å². The van der Waals surface area contributed by atoms with Crippen LogP contribution in [0.15, 0.2) is 54.9 Å². The van der Waals surface area contributed by atoms with Crippen LogP contribution in [0.4, 0.5) is 0 Å². The number of hydrogen-bond donors (Lipinski definition) is 1. The summed E-state index contributed by atoms with van der Waals surface area (Å²) in [5.41, 5.74) is 7.33. The molecule has 25 heavy (non-hydrogen) atoms. The van der Waals surface area contributed by atoms with Crippen molar-refractivity contribution in [2.75, 3.05) is 0 Å². The zero-order valence-electron chi connectivity index (χ0n) is 13.9. The summed E-state index contributed by atoms with van der Waals surface area (Å²) < 4.78 is 2.08. The zero-order chi connectivity index (χ0) is 17.0. The summed E-state index contributed by atoms with van der Waals surface area (Å²) >= 11 is 0. The van der Waals surface area contributed by atoms with Crippen LogP contribution in [0.25, 0.3) is 39.3 Å². The Morgan fingerprint density at radius 3 is 2.72 bits per heavy atom. The van der Waals surface area contributed by atoms with Gasteiger partial charge in [-0.3, -0.25) is 4.40 Å². The maximum atomic E-state index is 4.44. The molecule has 6 nitrogen and oxygen atoms in total. The Balaban J connectivity index is 1.81. The normalized spacial score (nSPS) is 11.6. The second-order valence-electron chi connectivity index (χ2n) is 6.23. The van der Waals surface area contributed by atoms with E-state index in [1.807, 2.05) is 19.3 Å². The molecule has 0 atom stereocenters. The van der Waals surface area contributed by atoms with Crippen molar-refractivity contribution < 1.29 is 0 Å². The van der Waals surface area contributed by atoms with E-state index in [2.05, 4.69) is 67.9 Å². The topological polar surface area (TPSA) is 63.8 Å². The van der Waals surface area contributed by atoms with Gasteiger partial charge in [-0.2, -0.15) is 15.0 Å². The minimum absolute atomic E-state index is 0.825. The first-order valence-electron chi connectivity index (χ1n) is 8.12. The SMILES string of the molecule is Cc1cccc(-c2[nH]c3nccn3c2-c2ccc3nn(C)nc3c2)c1. The summed E-state index contributed by atoms with van der Waals surface area (Å²) in [4.78, 5) is 9.46. The zero-order valence-corrected chi connectivity index (χ0v) is 13.9. The quantitative estimate of drug-likeness (QED) is 0.538. The second kappa shape index (κ2) is 5.04. The van der Waals surface area contributed by atoms with Crippen molar-refractivity contribution in [1.82, 2.24) is 29.4 Å². The molecule has 0 radical (unpaired) electrons. The van der Waals surface area contributed by atoms with Crippen LogP contribution >= 0.6 is 0 Å². The lowest BCUT2D eigenvalue weighted by molar-refractivity contribution is 0.665. The largest absolute Gasteiger partial charge is 0.323 e. The number of imidazole rings is 2. The van der Waals surface area contributed by atoms with Gasteiger partial charge < -0.3 is 4.98 Å². The van der Waals surface area contributed by atoms with Crippen LogP contribution in [0.1, 0.15) is 5.56 Å². The fraction of sp³-hybridized carbons (Fsp3) is 0.105.